The van der Waals surface area contributed by atoms with Crippen molar-refractivity contribution in [2.45, 2.75) is 26.1 Å². The van der Waals surface area contributed by atoms with Crippen molar-refractivity contribution in [3.63, 3.8) is 0 Å². The van der Waals surface area contributed by atoms with Crippen molar-refractivity contribution in [3.8, 4) is 23.4 Å². The second-order valence-electron chi connectivity index (χ2n) is 7.21. The molecule has 1 atom stereocenters. The molecule has 0 bridgehead atoms. The smallest absolute Gasteiger partial charge is 0.352 e. The number of hydrogen-bond acceptors (Lipinski definition) is 6. The number of nitrogens with zero attached hydrogens (tertiary/aromatic N) is 4. The Balaban J connectivity index is 1.47. The van der Waals surface area contributed by atoms with Gasteiger partial charge < -0.3 is 14.4 Å². The lowest BCUT2D eigenvalue weighted by atomic mass is 10.2. The van der Waals surface area contributed by atoms with Crippen LogP contribution in [0.25, 0.3) is 0 Å². The monoisotopic (exact) mass is 440 g/mol. The topological polar surface area (TPSA) is 80.4 Å². The van der Waals surface area contributed by atoms with Crippen LogP contribution in [0.4, 0.5) is 10.2 Å². The summed E-state index contributed by atoms with van der Waals surface area (Å²) in [5.41, 5.74) is 0.406. The van der Waals surface area contributed by atoms with Gasteiger partial charge in [-0.15, -0.1) is 0 Å². The first-order valence-corrected chi connectivity index (χ1v) is 9.87. The van der Waals surface area contributed by atoms with Gasteiger partial charge in [-0.3, -0.25) is 4.57 Å². The molecule has 0 saturated heterocycles. The highest BCUT2D eigenvalue weighted by Gasteiger charge is 2.25. The number of fused-ring (bicyclic) bond motifs is 1. The van der Waals surface area contributed by atoms with Gasteiger partial charge in [0.05, 0.1) is 10.6 Å². The Labute approximate surface area is 182 Å². The van der Waals surface area contributed by atoms with Crippen molar-refractivity contribution in [2.75, 3.05) is 11.9 Å². The third-order valence-corrected chi connectivity index (χ3v) is 5.43. The maximum absolute atomic E-state index is 14.5. The van der Waals surface area contributed by atoms with Crippen LogP contribution < -0.4 is 20.1 Å². The standard InChI is InChI=1S/C22H18ClFN4O3/c1-13-11-28-21(27(13)2)9-20(26-22(28)29)30-12-14-3-6-19(18(24)7-14)31-16-4-5-17(23)15(8-16)10-25/h3-9,13H,11-12H2,1-2H3/t13-/m0/s1. The Morgan fingerprint density at radius 3 is 2.84 bits per heavy atom. The number of likely N-dealkylation sites (N-methyl/N-ethyl adjacent to an activating group) is 1. The number of ether oxygens (including phenoxy) is 2. The third-order valence-electron chi connectivity index (χ3n) is 5.10. The molecule has 2 heterocycles. The molecule has 0 radical (unpaired) electrons. The molecule has 4 rings (SSSR count). The molecule has 3 aromatic rings. The van der Waals surface area contributed by atoms with Crippen molar-refractivity contribution < 1.29 is 13.9 Å². The van der Waals surface area contributed by atoms with Crippen molar-refractivity contribution in [1.82, 2.24) is 9.55 Å². The Morgan fingerprint density at radius 2 is 2.10 bits per heavy atom. The Hall–Kier alpha value is -3.57. The normalized spacial score (nSPS) is 14.8. The zero-order chi connectivity index (χ0) is 22.1. The van der Waals surface area contributed by atoms with Crippen LogP contribution in [0.2, 0.25) is 5.02 Å². The summed E-state index contributed by atoms with van der Waals surface area (Å²) in [4.78, 5) is 18.1. The summed E-state index contributed by atoms with van der Waals surface area (Å²) in [6.07, 6.45) is 0. The summed E-state index contributed by atoms with van der Waals surface area (Å²) in [5, 5.41) is 9.34. The highest BCUT2D eigenvalue weighted by molar-refractivity contribution is 6.31. The fraction of sp³-hybridized carbons (Fsp3) is 0.227. The van der Waals surface area contributed by atoms with Crippen LogP contribution >= 0.6 is 11.6 Å². The average Bonchev–Trinajstić information content (AvgIpc) is 3.04. The predicted molar refractivity (Wildman–Crippen MR) is 113 cm³/mol. The van der Waals surface area contributed by atoms with Crippen molar-refractivity contribution in [1.29, 1.82) is 5.26 Å². The van der Waals surface area contributed by atoms with E-state index in [0.29, 0.717) is 22.9 Å². The average molecular weight is 441 g/mol. The number of hydrogen-bond donors (Lipinski definition) is 0. The molecule has 0 saturated carbocycles. The first-order valence-electron chi connectivity index (χ1n) is 9.49. The molecule has 0 aliphatic carbocycles. The quantitative estimate of drug-likeness (QED) is 0.593. The van der Waals surface area contributed by atoms with E-state index >= 15 is 0 Å². The first kappa shape index (κ1) is 20.7. The van der Waals surface area contributed by atoms with Gasteiger partial charge in [0, 0.05) is 31.8 Å². The maximum atomic E-state index is 14.5. The number of aromatic nitrogens is 2. The van der Waals surface area contributed by atoms with Gasteiger partial charge in [0.1, 0.15) is 24.2 Å². The van der Waals surface area contributed by atoms with E-state index in [4.69, 9.17) is 26.3 Å². The summed E-state index contributed by atoms with van der Waals surface area (Å²) in [6, 6.07) is 12.7. The summed E-state index contributed by atoms with van der Waals surface area (Å²) in [6.45, 7) is 2.63. The van der Waals surface area contributed by atoms with Gasteiger partial charge >= 0.3 is 5.69 Å². The molecule has 7 nitrogen and oxygen atoms in total. The Bertz CT molecular complexity index is 1250. The zero-order valence-electron chi connectivity index (χ0n) is 16.8. The molecular formula is C22H18ClFN4O3. The van der Waals surface area contributed by atoms with Gasteiger partial charge in [0.15, 0.2) is 11.6 Å². The van der Waals surface area contributed by atoms with Crippen LogP contribution in [0.15, 0.2) is 47.3 Å². The van der Waals surface area contributed by atoms with Crippen LogP contribution in [0.3, 0.4) is 0 Å². The lowest BCUT2D eigenvalue weighted by molar-refractivity contribution is 0.290. The highest BCUT2D eigenvalue weighted by atomic mass is 35.5. The fourth-order valence-electron chi connectivity index (χ4n) is 3.28. The number of nitriles is 1. The molecule has 158 valence electrons. The molecule has 31 heavy (non-hydrogen) atoms. The Morgan fingerprint density at radius 1 is 1.29 bits per heavy atom. The number of halogens is 2. The Kier molecular flexibility index (Phi) is 5.53. The zero-order valence-corrected chi connectivity index (χ0v) is 17.6. The predicted octanol–water partition coefficient (Wildman–Crippen LogP) is 4.12. The first-order chi connectivity index (χ1) is 14.9. The van der Waals surface area contributed by atoms with E-state index < -0.39 is 5.82 Å². The summed E-state index contributed by atoms with van der Waals surface area (Å²) in [5.74, 6) is 0.620. The summed E-state index contributed by atoms with van der Waals surface area (Å²) in [7, 11) is 1.90. The lowest BCUT2D eigenvalue weighted by Gasteiger charge is -2.16. The van der Waals surface area contributed by atoms with Gasteiger partial charge in [-0.1, -0.05) is 17.7 Å². The molecule has 0 unspecified atom stereocenters. The molecule has 0 amide bonds. The van der Waals surface area contributed by atoms with E-state index in [-0.39, 0.29) is 35.5 Å². The van der Waals surface area contributed by atoms with Gasteiger partial charge in [0.2, 0.25) is 5.88 Å². The van der Waals surface area contributed by atoms with Crippen LogP contribution in [0.5, 0.6) is 17.4 Å². The van der Waals surface area contributed by atoms with E-state index in [0.717, 1.165) is 5.82 Å². The molecule has 0 N–H and O–H groups in total. The lowest BCUT2D eigenvalue weighted by Crippen LogP contribution is -2.23. The number of rotatable bonds is 5. The van der Waals surface area contributed by atoms with Crippen LogP contribution in [0.1, 0.15) is 18.1 Å². The molecule has 0 fully saturated rings. The minimum absolute atomic E-state index is 0.000486. The number of benzene rings is 2. The SMILES string of the molecule is C[C@H]1Cn2c(cc(OCc3ccc(Oc4ccc(Cl)c(C#N)c4)c(F)c3)nc2=O)N1C. The minimum Gasteiger partial charge on any atom is -0.473 e. The van der Waals surface area contributed by atoms with Crippen molar-refractivity contribution in [3.05, 3.63) is 74.9 Å². The molecule has 2 aromatic carbocycles. The second kappa shape index (κ2) is 8.28. The molecule has 9 heteroatoms. The summed E-state index contributed by atoms with van der Waals surface area (Å²) >= 11 is 5.90. The van der Waals surface area contributed by atoms with E-state index in [1.54, 1.807) is 22.8 Å². The molecule has 1 aliphatic rings. The largest absolute Gasteiger partial charge is 0.473 e. The van der Waals surface area contributed by atoms with Crippen LogP contribution in [-0.4, -0.2) is 22.6 Å². The van der Waals surface area contributed by atoms with E-state index in [2.05, 4.69) is 4.98 Å². The van der Waals surface area contributed by atoms with E-state index in [9.17, 15) is 9.18 Å². The molecule has 0 spiro atoms. The van der Waals surface area contributed by atoms with E-state index in [1.807, 2.05) is 24.9 Å². The maximum Gasteiger partial charge on any atom is 0.352 e. The van der Waals surface area contributed by atoms with Crippen molar-refractivity contribution >= 4 is 17.4 Å². The van der Waals surface area contributed by atoms with E-state index in [1.165, 1.54) is 24.3 Å². The van der Waals surface area contributed by atoms with Gasteiger partial charge in [-0.25, -0.2) is 9.18 Å². The van der Waals surface area contributed by atoms with Gasteiger partial charge in [-0.05, 0) is 36.8 Å². The van der Waals surface area contributed by atoms with Gasteiger partial charge in [0.25, 0.3) is 0 Å². The molecule has 1 aliphatic heterocycles. The third kappa shape index (κ3) is 4.18. The summed E-state index contributed by atoms with van der Waals surface area (Å²) < 4.78 is 27.3. The number of anilines is 1. The van der Waals surface area contributed by atoms with Crippen LogP contribution in [-0.2, 0) is 13.2 Å². The minimum atomic E-state index is -0.593. The van der Waals surface area contributed by atoms with Gasteiger partial charge in [-0.2, -0.15) is 10.2 Å². The highest BCUT2D eigenvalue weighted by Crippen LogP contribution is 2.29. The molecule has 1 aromatic heterocycles. The second-order valence-corrected chi connectivity index (χ2v) is 7.62. The molecular weight excluding hydrogens is 423 g/mol. The van der Waals surface area contributed by atoms with Crippen molar-refractivity contribution in [2.24, 2.45) is 0 Å². The fourth-order valence-corrected chi connectivity index (χ4v) is 3.44. The van der Waals surface area contributed by atoms with Crippen LogP contribution in [0, 0.1) is 17.1 Å².